The van der Waals surface area contributed by atoms with E-state index in [1.54, 1.807) is 0 Å². The van der Waals surface area contributed by atoms with Gasteiger partial charge in [0.1, 0.15) is 0 Å². The third kappa shape index (κ3) is 3.78. The summed E-state index contributed by atoms with van der Waals surface area (Å²) in [4.78, 5) is 13.4. The molecule has 3 atom stereocenters. The Morgan fingerprint density at radius 3 is 2.42 bits per heavy atom. The van der Waals surface area contributed by atoms with Crippen LogP contribution in [0, 0.1) is 0 Å². The second-order valence-corrected chi connectivity index (χ2v) is 5.24. The number of hydrogen-bond acceptors (Lipinski definition) is 3. The molecular formula is C15H21NO3. The number of hydrogen-bond donors (Lipinski definition) is 1. The Hall–Kier alpha value is -1.39. The third-order valence-electron chi connectivity index (χ3n) is 3.44. The zero-order chi connectivity index (χ0) is 13.8. The largest absolute Gasteiger partial charge is 0.481 e. The average Bonchev–Trinajstić information content (AvgIpc) is 2.35. The van der Waals surface area contributed by atoms with E-state index in [9.17, 15) is 4.79 Å². The molecule has 4 heteroatoms. The minimum atomic E-state index is -0.763. The molecule has 3 unspecified atom stereocenters. The quantitative estimate of drug-likeness (QED) is 0.905. The molecule has 0 spiro atoms. The Morgan fingerprint density at radius 1 is 1.32 bits per heavy atom. The molecule has 1 N–H and O–H groups in total. The summed E-state index contributed by atoms with van der Waals surface area (Å²) >= 11 is 0. The lowest BCUT2D eigenvalue weighted by Crippen LogP contribution is -2.47. The molecule has 2 rings (SSSR count). The third-order valence-corrected chi connectivity index (χ3v) is 3.44. The number of carboxylic acid groups (broad SMARTS) is 1. The zero-order valence-corrected chi connectivity index (χ0v) is 11.5. The van der Waals surface area contributed by atoms with Gasteiger partial charge in [0.05, 0.1) is 18.6 Å². The predicted molar refractivity (Wildman–Crippen MR) is 73.0 cm³/mol. The average molecular weight is 263 g/mol. The Morgan fingerprint density at radius 2 is 1.89 bits per heavy atom. The molecule has 0 aromatic heterocycles. The van der Waals surface area contributed by atoms with Gasteiger partial charge in [-0.1, -0.05) is 30.3 Å². The standard InChI is InChI=1S/C15H21NO3/c1-11-9-16(10-12(2)19-11)14(8-15(17)18)13-6-4-3-5-7-13/h3-7,11-12,14H,8-10H2,1-2H3,(H,17,18). The number of aliphatic carboxylic acids is 1. The molecule has 0 aliphatic carbocycles. The maximum Gasteiger partial charge on any atom is 0.305 e. The Balaban J connectivity index is 2.20. The summed E-state index contributed by atoms with van der Waals surface area (Å²) < 4.78 is 5.72. The van der Waals surface area contributed by atoms with Crippen LogP contribution in [0.3, 0.4) is 0 Å². The maximum absolute atomic E-state index is 11.1. The first-order valence-electron chi connectivity index (χ1n) is 6.72. The topological polar surface area (TPSA) is 49.8 Å². The molecule has 0 saturated carbocycles. The Kier molecular flexibility index (Phi) is 4.56. The number of carbonyl (C=O) groups is 1. The fraction of sp³-hybridized carbons (Fsp3) is 0.533. The van der Waals surface area contributed by atoms with Crippen molar-refractivity contribution in [2.45, 2.75) is 38.5 Å². The minimum Gasteiger partial charge on any atom is -0.481 e. The summed E-state index contributed by atoms with van der Waals surface area (Å²) in [6, 6.07) is 9.78. The van der Waals surface area contributed by atoms with Crippen molar-refractivity contribution in [3.63, 3.8) is 0 Å². The SMILES string of the molecule is CC1CN(C(CC(=O)O)c2ccccc2)CC(C)O1. The molecule has 1 fully saturated rings. The molecule has 0 amide bonds. The van der Waals surface area contributed by atoms with Gasteiger partial charge in [-0.05, 0) is 19.4 Å². The lowest BCUT2D eigenvalue weighted by atomic mass is 10.0. The van der Waals surface area contributed by atoms with E-state index < -0.39 is 5.97 Å². The minimum absolute atomic E-state index is 0.0764. The lowest BCUT2D eigenvalue weighted by molar-refractivity contribution is -0.140. The van der Waals surface area contributed by atoms with Crippen LogP contribution in [0.5, 0.6) is 0 Å². The molecule has 1 aromatic rings. The van der Waals surface area contributed by atoms with Crippen molar-refractivity contribution in [2.75, 3.05) is 13.1 Å². The Bertz CT molecular complexity index is 411. The number of morpholine rings is 1. The summed E-state index contributed by atoms with van der Waals surface area (Å²) in [5.41, 5.74) is 1.06. The highest BCUT2D eigenvalue weighted by Crippen LogP contribution is 2.27. The number of rotatable bonds is 4. The van der Waals surface area contributed by atoms with Gasteiger partial charge < -0.3 is 9.84 Å². The van der Waals surface area contributed by atoms with E-state index in [1.807, 2.05) is 44.2 Å². The number of nitrogens with zero attached hydrogens (tertiary/aromatic N) is 1. The van der Waals surface area contributed by atoms with Crippen LogP contribution >= 0.6 is 0 Å². The zero-order valence-electron chi connectivity index (χ0n) is 11.5. The molecule has 4 nitrogen and oxygen atoms in total. The monoisotopic (exact) mass is 263 g/mol. The molecule has 1 saturated heterocycles. The van der Waals surface area contributed by atoms with Crippen molar-refractivity contribution in [1.29, 1.82) is 0 Å². The van der Waals surface area contributed by atoms with E-state index in [0.29, 0.717) is 0 Å². The predicted octanol–water partition coefficient (Wildman–Crippen LogP) is 2.31. The second-order valence-electron chi connectivity index (χ2n) is 5.24. The first kappa shape index (κ1) is 14.0. The van der Waals surface area contributed by atoms with Crippen LogP contribution in [0.25, 0.3) is 0 Å². The molecule has 1 aromatic carbocycles. The van der Waals surface area contributed by atoms with E-state index in [2.05, 4.69) is 4.90 Å². The van der Waals surface area contributed by atoms with Crippen LogP contribution in [0.4, 0.5) is 0 Å². The summed E-state index contributed by atoms with van der Waals surface area (Å²) in [6.45, 7) is 5.62. The number of ether oxygens (including phenoxy) is 1. The van der Waals surface area contributed by atoms with Crippen molar-refractivity contribution in [3.8, 4) is 0 Å². The van der Waals surface area contributed by atoms with Crippen LogP contribution in [0.2, 0.25) is 0 Å². The van der Waals surface area contributed by atoms with Crippen molar-refractivity contribution in [3.05, 3.63) is 35.9 Å². The van der Waals surface area contributed by atoms with Crippen molar-refractivity contribution in [2.24, 2.45) is 0 Å². The van der Waals surface area contributed by atoms with Gasteiger partial charge in [0.25, 0.3) is 0 Å². The molecule has 1 aliphatic heterocycles. The van der Waals surface area contributed by atoms with E-state index in [-0.39, 0.29) is 24.7 Å². The van der Waals surface area contributed by atoms with Crippen LogP contribution in [0.1, 0.15) is 31.9 Å². The highest BCUT2D eigenvalue weighted by Gasteiger charge is 2.30. The van der Waals surface area contributed by atoms with Gasteiger partial charge in [0, 0.05) is 19.1 Å². The normalized spacial score (nSPS) is 26.0. The van der Waals surface area contributed by atoms with Gasteiger partial charge in [0.2, 0.25) is 0 Å². The van der Waals surface area contributed by atoms with Crippen LogP contribution < -0.4 is 0 Å². The summed E-state index contributed by atoms with van der Waals surface area (Å²) in [7, 11) is 0. The fourth-order valence-electron chi connectivity index (χ4n) is 2.77. The first-order chi connectivity index (χ1) is 9.06. The molecule has 104 valence electrons. The van der Waals surface area contributed by atoms with Gasteiger partial charge in [-0.25, -0.2) is 0 Å². The van der Waals surface area contributed by atoms with E-state index in [1.165, 1.54) is 0 Å². The van der Waals surface area contributed by atoms with Crippen LogP contribution in [-0.4, -0.2) is 41.3 Å². The molecular weight excluding hydrogens is 242 g/mol. The smallest absolute Gasteiger partial charge is 0.305 e. The summed E-state index contributed by atoms with van der Waals surface area (Å²) in [6.07, 6.45) is 0.413. The van der Waals surface area contributed by atoms with Gasteiger partial charge in [-0.3, -0.25) is 9.69 Å². The lowest BCUT2D eigenvalue weighted by Gasteiger charge is -2.40. The molecule has 19 heavy (non-hydrogen) atoms. The van der Waals surface area contributed by atoms with Gasteiger partial charge >= 0.3 is 5.97 Å². The highest BCUT2D eigenvalue weighted by molar-refractivity contribution is 5.68. The van der Waals surface area contributed by atoms with Crippen LogP contribution in [0.15, 0.2) is 30.3 Å². The van der Waals surface area contributed by atoms with Gasteiger partial charge in [-0.2, -0.15) is 0 Å². The molecule has 0 radical (unpaired) electrons. The number of benzene rings is 1. The highest BCUT2D eigenvalue weighted by atomic mass is 16.5. The van der Waals surface area contributed by atoms with E-state index in [4.69, 9.17) is 9.84 Å². The van der Waals surface area contributed by atoms with Crippen molar-refractivity contribution >= 4 is 5.97 Å². The summed E-state index contributed by atoms with van der Waals surface area (Å²) in [5.74, 6) is -0.763. The fourth-order valence-corrected chi connectivity index (χ4v) is 2.77. The Labute approximate surface area is 114 Å². The second kappa shape index (κ2) is 6.17. The van der Waals surface area contributed by atoms with Gasteiger partial charge in [-0.15, -0.1) is 0 Å². The van der Waals surface area contributed by atoms with Gasteiger partial charge in [0.15, 0.2) is 0 Å². The van der Waals surface area contributed by atoms with E-state index >= 15 is 0 Å². The first-order valence-corrected chi connectivity index (χ1v) is 6.72. The van der Waals surface area contributed by atoms with E-state index in [0.717, 1.165) is 18.7 Å². The molecule has 1 aliphatic rings. The molecule has 0 bridgehead atoms. The number of carboxylic acids is 1. The van der Waals surface area contributed by atoms with Crippen molar-refractivity contribution < 1.29 is 14.6 Å². The van der Waals surface area contributed by atoms with Crippen molar-refractivity contribution in [1.82, 2.24) is 4.90 Å². The molecule has 1 heterocycles. The maximum atomic E-state index is 11.1. The van der Waals surface area contributed by atoms with Crippen LogP contribution in [-0.2, 0) is 9.53 Å². The summed E-state index contributed by atoms with van der Waals surface area (Å²) in [5, 5.41) is 9.15.